The van der Waals surface area contributed by atoms with Crippen molar-refractivity contribution in [1.82, 2.24) is 36.4 Å². The first-order chi connectivity index (χ1) is 19.9. The van der Waals surface area contributed by atoms with E-state index in [9.17, 15) is 38.4 Å². The van der Waals surface area contributed by atoms with Crippen molar-refractivity contribution in [2.45, 2.75) is 64.5 Å². The summed E-state index contributed by atoms with van der Waals surface area (Å²) in [5.74, 6) is 1.30. The van der Waals surface area contributed by atoms with Crippen LogP contribution in [0.3, 0.4) is 0 Å². The number of hydrogen-bond acceptors (Lipinski definition) is 8. The van der Waals surface area contributed by atoms with Crippen LogP contribution in [-0.2, 0) is 33.6 Å². The van der Waals surface area contributed by atoms with Crippen LogP contribution in [0.15, 0.2) is 23.0 Å². The summed E-state index contributed by atoms with van der Waals surface area (Å²) in [5.41, 5.74) is 2.88. The van der Waals surface area contributed by atoms with E-state index in [0.717, 1.165) is 15.0 Å². The minimum atomic E-state index is -1.35. The molecule has 0 radical (unpaired) electrons. The van der Waals surface area contributed by atoms with Crippen molar-refractivity contribution in [3.63, 3.8) is 0 Å². The molecule has 2 saturated heterocycles. The van der Waals surface area contributed by atoms with Gasteiger partial charge in [0.15, 0.2) is 0 Å². The molecule has 0 aromatic carbocycles. The number of carbonyl (C=O) groups excluding carboxylic acids is 7. The third-order valence-electron chi connectivity index (χ3n) is 6.33. The molecule has 16 nitrogen and oxygen atoms in total. The normalized spacial score (nSPS) is 22.4. The molecule has 0 spiro atoms. The quantitative estimate of drug-likeness (QED) is 0.156. The summed E-state index contributed by atoms with van der Waals surface area (Å²) >= 11 is 0. The van der Waals surface area contributed by atoms with E-state index in [1.165, 1.54) is 19.9 Å². The molecular weight excluding hydrogens is 554 g/mol. The zero-order valence-corrected chi connectivity index (χ0v) is 23.0. The first-order valence-electron chi connectivity index (χ1n) is 13.0. The highest BCUT2D eigenvalue weighted by Crippen LogP contribution is 2.24. The highest BCUT2D eigenvalue weighted by Gasteiger charge is 2.44. The average molecular weight is 586 g/mol. The van der Waals surface area contributed by atoms with E-state index in [1.54, 1.807) is 0 Å². The summed E-state index contributed by atoms with van der Waals surface area (Å²) in [7, 11) is 0. The Labute approximate surface area is 240 Å². The van der Waals surface area contributed by atoms with Crippen molar-refractivity contribution in [2.24, 2.45) is 0 Å². The summed E-state index contributed by atoms with van der Waals surface area (Å²) in [6.45, 7) is 2.42. The van der Waals surface area contributed by atoms with E-state index < -0.39 is 60.0 Å². The number of carbonyl (C=O) groups is 8. The van der Waals surface area contributed by atoms with Gasteiger partial charge in [0.25, 0.3) is 5.91 Å². The lowest BCUT2D eigenvalue weighted by Gasteiger charge is -2.43. The van der Waals surface area contributed by atoms with Gasteiger partial charge in [0.2, 0.25) is 23.6 Å². The number of hydrogen-bond donors (Lipinski definition) is 5. The van der Waals surface area contributed by atoms with Crippen LogP contribution in [0.1, 0.15) is 52.4 Å². The van der Waals surface area contributed by atoms with E-state index in [-0.39, 0.29) is 62.0 Å². The molecular formula is C26H31N7O9. The number of amides is 7. The zero-order chi connectivity index (χ0) is 31.0. The van der Waals surface area contributed by atoms with Gasteiger partial charge in [-0.1, -0.05) is 11.8 Å². The number of rotatable bonds is 9. The molecule has 0 saturated carbocycles. The Morgan fingerprint density at radius 2 is 1.76 bits per heavy atom. The lowest BCUT2D eigenvalue weighted by atomic mass is 10.1. The Bertz CT molecular complexity index is 1330. The summed E-state index contributed by atoms with van der Waals surface area (Å²) in [5, 5.41) is 19.3. The highest BCUT2D eigenvalue weighted by molar-refractivity contribution is 5.97. The van der Waals surface area contributed by atoms with Crippen LogP contribution in [0.2, 0.25) is 0 Å². The van der Waals surface area contributed by atoms with Gasteiger partial charge in [0.05, 0.1) is 36.8 Å². The van der Waals surface area contributed by atoms with Crippen LogP contribution in [-0.4, -0.2) is 93.1 Å². The summed E-state index contributed by atoms with van der Waals surface area (Å²) < 4.78 is 0. The molecule has 1 aliphatic carbocycles. The molecule has 3 aliphatic rings. The van der Waals surface area contributed by atoms with Crippen molar-refractivity contribution in [3.8, 4) is 11.8 Å². The number of carboxylic acid groups (broad SMARTS) is 1. The summed E-state index contributed by atoms with van der Waals surface area (Å²) in [4.78, 5) is 98.7. The number of hydrazine groups is 2. The van der Waals surface area contributed by atoms with Gasteiger partial charge in [-0.2, -0.15) is 0 Å². The van der Waals surface area contributed by atoms with Crippen LogP contribution in [0, 0.1) is 11.8 Å². The first-order valence-corrected chi connectivity index (χ1v) is 13.0. The van der Waals surface area contributed by atoms with Gasteiger partial charge in [-0.05, 0) is 18.9 Å². The minimum absolute atomic E-state index is 0.0319. The maximum atomic E-state index is 13.6. The van der Waals surface area contributed by atoms with Crippen molar-refractivity contribution in [2.75, 3.05) is 13.1 Å². The fourth-order valence-corrected chi connectivity index (χ4v) is 4.50. The second kappa shape index (κ2) is 13.9. The fraction of sp³-hybridized carbons (Fsp3) is 0.462. The van der Waals surface area contributed by atoms with Crippen molar-refractivity contribution in [3.05, 3.63) is 23.0 Å². The second-order valence-corrected chi connectivity index (χ2v) is 9.62. The molecule has 16 heteroatoms. The number of carboxylic acids is 1. The first kappa shape index (κ1) is 31.3. The molecule has 0 aromatic heterocycles. The molecule has 2 fully saturated rings. The van der Waals surface area contributed by atoms with Gasteiger partial charge in [0, 0.05) is 38.8 Å². The maximum Gasteiger partial charge on any atom is 0.358 e. The largest absolute Gasteiger partial charge is 0.481 e. The van der Waals surface area contributed by atoms with Gasteiger partial charge in [-0.15, -0.1) is 0 Å². The van der Waals surface area contributed by atoms with Crippen molar-refractivity contribution < 1.29 is 43.5 Å². The van der Waals surface area contributed by atoms with Gasteiger partial charge in [0.1, 0.15) is 12.3 Å². The van der Waals surface area contributed by atoms with Crippen LogP contribution in [0.25, 0.3) is 0 Å². The molecule has 42 heavy (non-hydrogen) atoms. The number of fused-ring (bicyclic) bond motifs is 1. The molecule has 2 unspecified atom stereocenters. The smallest absolute Gasteiger partial charge is 0.358 e. The molecule has 2 aliphatic heterocycles. The molecule has 2 atom stereocenters. The predicted octanol–water partition coefficient (Wildman–Crippen LogP) is -1.58. The Kier molecular flexibility index (Phi) is 10.4. The maximum absolute atomic E-state index is 13.6. The molecule has 0 aromatic rings. The lowest BCUT2D eigenvalue weighted by Crippen LogP contribution is -2.64. The highest BCUT2D eigenvalue weighted by atomic mass is 16.4. The third-order valence-corrected chi connectivity index (χ3v) is 6.33. The number of nitrogens with one attached hydrogen (secondary N) is 4. The standard InChI is InChI=1S/C26H31N7O9/c1-15(35)27-19-7-4-3-6-17(12-20(19)28-16(2)36)24(40)30-31-11-9-22(37)32-10-5-8-21(33(32)26(31)42)25(41)29-18(14-34)13-23(38)39/h12,14,18,21H,5-11,13H2,1-2H3,(H,27,35)(H,28,36)(H,29,41)(H,30,40)(H,38,39)/b17-12+,20-19-. The van der Waals surface area contributed by atoms with Crippen LogP contribution < -0.4 is 21.4 Å². The molecule has 0 bridgehead atoms. The monoisotopic (exact) mass is 585 g/mol. The van der Waals surface area contributed by atoms with E-state index in [0.29, 0.717) is 6.42 Å². The Morgan fingerprint density at radius 3 is 2.40 bits per heavy atom. The molecule has 3 rings (SSSR count). The number of aliphatic carboxylic acids is 1. The van der Waals surface area contributed by atoms with Crippen LogP contribution in [0.4, 0.5) is 4.79 Å². The predicted molar refractivity (Wildman–Crippen MR) is 141 cm³/mol. The van der Waals surface area contributed by atoms with E-state index in [4.69, 9.17) is 5.11 Å². The van der Waals surface area contributed by atoms with E-state index in [1.807, 2.05) is 0 Å². The van der Waals surface area contributed by atoms with Crippen LogP contribution in [0.5, 0.6) is 0 Å². The van der Waals surface area contributed by atoms with Gasteiger partial charge < -0.3 is 25.9 Å². The number of urea groups is 1. The average Bonchev–Trinajstić information content (AvgIpc) is 3.03. The Balaban J connectivity index is 1.88. The third kappa shape index (κ3) is 7.93. The number of nitrogens with zero attached hydrogens (tertiary/aromatic N) is 3. The molecule has 5 N–H and O–H groups in total. The van der Waals surface area contributed by atoms with Crippen molar-refractivity contribution >= 4 is 47.8 Å². The van der Waals surface area contributed by atoms with E-state index >= 15 is 0 Å². The lowest BCUT2D eigenvalue weighted by molar-refractivity contribution is -0.155. The van der Waals surface area contributed by atoms with Gasteiger partial charge in [-0.25, -0.2) is 19.8 Å². The second-order valence-electron chi connectivity index (χ2n) is 9.62. The number of aldehydes is 1. The number of allylic oxidation sites excluding steroid dienone is 2. The van der Waals surface area contributed by atoms with Crippen molar-refractivity contribution in [1.29, 1.82) is 0 Å². The SMILES string of the molecule is CC(=O)NC1=C(\NC(C)=O)CC#CC/C(C(=O)NN2CCC(=O)N3CCCC(C(=O)NC(C=O)CC(=O)O)N3C2=O)=C\1. The minimum Gasteiger partial charge on any atom is -0.481 e. The molecule has 2 heterocycles. The molecule has 224 valence electrons. The fourth-order valence-electron chi connectivity index (χ4n) is 4.50. The molecule has 7 amide bonds. The van der Waals surface area contributed by atoms with Gasteiger partial charge in [-0.3, -0.25) is 34.2 Å². The summed E-state index contributed by atoms with van der Waals surface area (Å²) in [6, 6.07) is -3.51. The topological polar surface area (TPSA) is 215 Å². The Morgan fingerprint density at radius 1 is 1.07 bits per heavy atom. The Hall–Kier alpha value is -5.20. The summed E-state index contributed by atoms with van der Waals surface area (Å²) in [6.07, 6.45) is 1.23. The van der Waals surface area contributed by atoms with Crippen LogP contribution >= 0.6 is 0 Å². The zero-order valence-electron chi connectivity index (χ0n) is 23.0. The van der Waals surface area contributed by atoms with E-state index in [2.05, 4.69) is 33.2 Å². The van der Waals surface area contributed by atoms with Gasteiger partial charge >= 0.3 is 12.0 Å².